The third-order valence-electron chi connectivity index (χ3n) is 5.29. The highest BCUT2D eigenvalue weighted by molar-refractivity contribution is 5.79. The quantitative estimate of drug-likeness (QED) is 0.703. The number of aryl methyl sites for hydroxylation is 2. The molecule has 2 aromatic carbocycles. The van der Waals surface area contributed by atoms with Crippen molar-refractivity contribution >= 4 is 5.69 Å². The first-order valence-electron chi connectivity index (χ1n) is 8.89. The monoisotopic (exact) mass is 349 g/mol. The van der Waals surface area contributed by atoms with E-state index in [1.54, 1.807) is 0 Å². The van der Waals surface area contributed by atoms with Gasteiger partial charge in [0.25, 0.3) is 0 Å². The number of nitrogens with two attached hydrogens (primary N) is 1. The van der Waals surface area contributed by atoms with Crippen LogP contribution in [0.25, 0.3) is 11.1 Å². The second-order valence-electron chi connectivity index (χ2n) is 6.83. The predicted molar refractivity (Wildman–Crippen MR) is 102 cm³/mol. The van der Waals surface area contributed by atoms with Crippen molar-refractivity contribution in [3.8, 4) is 11.1 Å². The fourth-order valence-corrected chi connectivity index (χ4v) is 4.07. The Kier molecular flexibility index (Phi) is 4.26. The molecule has 1 aliphatic rings. The van der Waals surface area contributed by atoms with Crippen LogP contribution < -0.4 is 10.9 Å². The van der Waals surface area contributed by atoms with Crippen LogP contribution in [0.1, 0.15) is 40.6 Å². The number of hydrogen-bond acceptors (Lipinski definition) is 5. The van der Waals surface area contributed by atoms with E-state index in [4.69, 9.17) is 10.4 Å². The highest BCUT2D eigenvalue weighted by Crippen LogP contribution is 2.44. The molecule has 134 valence electrons. The number of nitrogens with zero attached hydrogens (tertiary/aromatic N) is 2. The highest BCUT2D eigenvalue weighted by atomic mass is 16.5. The number of hydrogen-bond donors (Lipinski definition) is 2. The largest absolute Gasteiger partial charge is 0.392 e. The van der Waals surface area contributed by atoms with E-state index < -0.39 is 0 Å². The minimum Gasteiger partial charge on any atom is -0.392 e. The molecule has 0 radical (unpaired) electrons. The summed E-state index contributed by atoms with van der Waals surface area (Å²) in [6.07, 6.45) is 1.80. The van der Waals surface area contributed by atoms with Crippen LogP contribution in [0.3, 0.4) is 0 Å². The van der Waals surface area contributed by atoms with E-state index in [1.165, 1.54) is 5.56 Å². The summed E-state index contributed by atoms with van der Waals surface area (Å²) in [5, 5.41) is 15.8. The minimum absolute atomic E-state index is 0.0422. The molecule has 0 saturated carbocycles. The van der Waals surface area contributed by atoms with Gasteiger partial charge in [0.2, 0.25) is 0 Å². The van der Waals surface area contributed by atoms with Crippen LogP contribution in [0.2, 0.25) is 0 Å². The molecule has 3 aromatic rings. The lowest BCUT2D eigenvalue weighted by Gasteiger charge is -2.38. The molecule has 4 rings (SSSR count). The van der Waals surface area contributed by atoms with E-state index in [1.807, 2.05) is 49.2 Å². The third kappa shape index (κ3) is 2.60. The Morgan fingerprint density at radius 1 is 1.19 bits per heavy atom. The topological polar surface area (TPSA) is 75.5 Å². The van der Waals surface area contributed by atoms with Gasteiger partial charge in [-0.25, -0.2) is 5.84 Å². The summed E-state index contributed by atoms with van der Waals surface area (Å²) in [6, 6.07) is 14.4. The molecule has 5 nitrogen and oxygen atoms in total. The Bertz CT molecular complexity index is 914. The normalized spacial score (nSPS) is 16.6. The molecular weight excluding hydrogens is 326 g/mol. The van der Waals surface area contributed by atoms with Crippen LogP contribution in [0.4, 0.5) is 5.69 Å². The maximum absolute atomic E-state index is 9.89. The van der Waals surface area contributed by atoms with Gasteiger partial charge in [-0.05, 0) is 43.4 Å². The zero-order valence-electron chi connectivity index (χ0n) is 15.1. The molecule has 1 unspecified atom stereocenters. The fourth-order valence-electron chi connectivity index (χ4n) is 4.07. The number of fused-ring (bicyclic) bond motifs is 1. The van der Waals surface area contributed by atoms with Crippen molar-refractivity contribution in [1.82, 2.24) is 5.16 Å². The number of aromatic nitrogens is 1. The van der Waals surface area contributed by atoms with Gasteiger partial charge in [0, 0.05) is 11.1 Å². The summed E-state index contributed by atoms with van der Waals surface area (Å²) in [5.41, 5.74) is 7.10. The molecule has 0 amide bonds. The summed E-state index contributed by atoms with van der Waals surface area (Å²) < 4.78 is 5.37. The van der Waals surface area contributed by atoms with Gasteiger partial charge in [0.15, 0.2) is 0 Å². The van der Waals surface area contributed by atoms with Crippen LogP contribution in [0.5, 0.6) is 0 Å². The van der Waals surface area contributed by atoms with Crippen molar-refractivity contribution in [1.29, 1.82) is 0 Å². The van der Waals surface area contributed by atoms with Gasteiger partial charge in [-0.3, -0.25) is 0 Å². The van der Waals surface area contributed by atoms with Gasteiger partial charge in [-0.15, -0.1) is 0 Å². The Balaban J connectivity index is 1.87. The number of hydrazine groups is 1. The highest BCUT2D eigenvalue weighted by Gasteiger charge is 2.30. The van der Waals surface area contributed by atoms with E-state index in [0.29, 0.717) is 0 Å². The van der Waals surface area contributed by atoms with Crippen molar-refractivity contribution in [3.63, 3.8) is 0 Å². The lowest BCUT2D eigenvalue weighted by molar-refractivity contribution is 0.281. The Hall–Kier alpha value is -2.63. The maximum Gasteiger partial charge on any atom is 0.141 e. The number of benzene rings is 2. The zero-order valence-corrected chi connectivity index (χ0v) is 15.1. The molecule has 2 heterocycles. The summed E-state index contributed by atoms with van der Waals surface area (Å²) in [6.45, 7) is 3.84. The van der Waals surface area contributed by atoms with Crippen LogP contribution >= 0.6 is 0 Å². The fraction of sp³-hybridized carbons (Fsp3) is 0.286. The first-order valence-corrected chi connectivity index (χ1v) is 8.89. The summed E-state index contributed by atoms with van der Waals surface area (Å²) in [5.74, 6) is 7.38. The van der Waals surface area contributed by atoms with E-state index in [-0.39, 0.29) is 12.6 Å². The molecule has 1 atom stereocenters. The first kappa shape index (κ1) is 16.8. The Morgan fingerprint density at radius 3 is 2.62 bits per heavy atom. The smallest absolute Gasteiger partial charge is 0.141 e. The average molecular weight is 349 g/mol. The summed E-state index contributed by atoms with van der Waals surface area (Å²) in [4.78, 5) is 0. The maximum atomic E-state index is 9.89. The Labute approximate surface area is 153 Å². The molecule has 3 N–H and O–H groups in total. The first-order chi connectivity index (χ1) is 12.6. The van der Waals surface area contributed by atoms with Gasteiger partial charge in [-0.1, -0.05) is 47.6 Å². The second kappa shape index (κ2) is 6.59. The average Bonchev–Trinajstić information content (AvgIpc) is 3.00. The third-order valence-corrected chi connectivity index (χ3v) is 5.29. The molecule has 0 spiro atoms. The van der Waals surface area contributed by atoms with E-state index in [9.17, 15) is 5.11 Å². The minimum atomic E-state index is -0.0422. The van der Waals surface area contributed by atoms with E-state index >= 15 is 0 Å². The van der Waals surface area contributed by atoms with Crippen molar-refractivity contribution in [2.45, 2.75) is 39.3 Å². The number of aliphatic hydroxyl groups is 1. The molecule has 26 heavy (non-hydrogen) atoms. The molecule has 0 saturated heterocycles. The number of rotatable bonds is 3. The van der Waals surface area contributed by atoms with Crippen molar-refractivity contribution < 1.29 is 9.63 Å². The molecule has 0 bridgehead atoms. The second-order valence-corrected chi connectivity index (χ2v) is 6.83. The van der Waals surface area contributed by atoms with Gasteiger partial charge in [0.05, 0.1) is 24.0 Å². The molecule has 1 aromatic heterocycles. The van der Waals surface area contributed by atoms with Crippen LogP contribution in [0, 0.1) is 13.8 Å². The van der Waals surface area contributed by atoms with Gasteiger partial charge >= 0.3 is 0 Å². The predicted octanol–water partition coefficient (Wildman–Crippen LogP) is 3.82. The number of aliphatic hydroxyl groups excluding tert-OH is 1. The van der Waals surface area contributed by atoms with Crippen molar-refractivity contribution in [3.05, 3.63) is 70.6 Å². The van der Waals surface area contributed by atoms with Gasteiger partial charge < -0.3 is 14.6 Å². The lowest BCUT2D eigenvalue weighted by atomic mass is 9.85. The standard InChI is InChI=1S/C21H23N3O2/c1-13-20(14(2)26-23-13)17-9-8-16(12-25)21-18(17)10-11-19(24(21)22)15-6-4-3-5-7-15/h3-9,19,25H,10-12,22H2,1-2H3. The number of anilines is 1. The molecule has 1 aliphatic heterocycles. The van der Waals surface area contributed by atoms with Crippen LogP contribution in [-0.2, 0) is 13.0 Å². The van der Waals surface area contributed by atoms with Crippen LogP contribution in [-0.4, -0.2) is 10.3 Å². The zero-order chi connectivity index (χ0) is 18.3. The molecule has 0 aliphatic carbocycles. The Morgan fingerprint density at radius 2 is 1.96 bits per heavy atom. The van der Waals surface area contributed by atoms with Gasteiger partial charge in [0.1, 0.15) is 5.76 Å². The van der Waals surface area contributed by atoms with E-state index in [2.05, 4.69) is 17.3 Å². The van der Waals surface area contributed by atoms with Crippen molar-refractivity contribution in [2.24, 2.45) is 5.84 Å². The molecular formula is C21H23N3O2. The SMILES string of the molecule is Cc1noc(C)c1-c1ccc(CO)c2c1CCC(c1ccccc1)N2N. The molecule has 0 fully saturated rings. The summed E-state index contributed by atoms with van der Waals surface area (Å²) in [7, 11) is 0. The molecule has 5 heteroatoms. The summed E-state index contributed by atoms with van der Waals surface area (Å²) >= 11 is 0. The van der Waals surface area contributed by atoms with Crippen LogP contribution in [0.15, 0.2) is 47.0 Å². The van der Waals surface area contributed by atoms with E-state index in [0.717, 1.165) is 52.2 Å². The van der Waals surface area contributed by atoms with Crippen molar-refractivity contribution in [2.75, 3.05) is 5.01 Å². The lowest BCUT2D eigenvalue weighted by Crippen LogP contribution is -2.40. The van der Waals surface area contributed by atoms with Gasteiger partial charge in [-0.2, -0.15) is 0 Å².